The fourth-order valence-electron chi connectivity index (χ4n) is 3.79. The average molecular weight is 425 g/mol. The number of hydrogen-bond acceptors (Lipinski definition) is 3. The van der Waals surface area contributed by atoms with Crippen molar-refractivity contribution in [3.63, 3.8) is 0 Å². The van der Waals surface area contributed by atoms with Crippen LogP contribution in [0.5, 0.6) is 0 Å². The van der Waals surface area contributed by atoms with Crippen LogP contribution >= 0.6 is 0 Å². The molecule has 3 rings (SSSR count). The van der Waals surface area contributed by atoms with E-state index in [1.807, 2.05) is 0 Å². The lowest BCUT2D eigenvalue weighted by Crippen LogP contribution is -2.48. The fourth-order valence-corrected chi connectivity index (χ4v) is 3.79. The Balaban J connectivity index is 1.79. The summed E-state index contributed by atoms with van der Waals surface area (Å²) in [6.07, 6.45) is -3.83. The van der Waals surface area contributed by atoms with E-state index in [4.69, 9.17) is 4.74 Å². The highest BCUT2D eigenvalue weighted by Gasteiger charge is 2.43. The van der Waals surface area contributed by atoms with E-state index >= 15 is 0 Å². The summed E-state index contributed by atoms with van der Waals surface area (Å²) in [7, 11) is 0. The Morgan fingerprint density at radius 1 is 1.13 bits per heavy atom. The zero-order chi connectivity index (χ0) is 21.9. The SMILES string of the molecule is C[C@@H](c1ccc(C(F)(F)F)cc1)N1CCC(CCCO)(c2ccc(F)cc2)OC1=O. The lowest BCUT2D eigenvalue weighted by atomic mass is 9.84. The first-order valence-electron chi connectivity index (χ1n) is 9.70. The molecule has 0 bridgehead atoms. The van der Waals surface area contributed by atoms with Crippen molar-refractivity contribution in [2.24, 2.45) is 0 Å². The molecule has 1 aliphatic rings. The lowest BCUT2D eigenvalue weighted by Gasteiger charge is -2.43. The maximum atomic E-state index is 13.3. The van der Waals surface area contributed by atoms with Gasteiger partial charge in [-0.25, -0.2) is 9.18 Å². The highest BCUT2D eigenvalue weighted by Crippen LogP contribution is 2.40. The zero-order valence-corrected chi connectivity index (χ0v) is 16.5. The summed E-state index contributed by atoms with van der Waals surface area (Å²) >= 11 is 0. The number of ether oxygens (including phenoxy) is 1. The zero-order valence-electron chi connectivity index (χ0n) is 16.5. The number of carbonyl (C=O) groups is 1. The molecule has 2 aromatic carbocycles. The Bertz CT molecular complexity index is 867. The molecule has 1 aliphatic heterocycles. The van der Waals surface area contributed by atoms with Gasteiger partial charge in [0.05, 0.1) is 11.6 Å². The molecule has 0 aliphatic carbocycles. The fraction of sp³-hybridized carbons (Fsp3) is 0.409. The second-order valence-electron chi connectivity index (χ2n) is 7.44. The number of rotatable bonds is 6. The summed E-state index contributed by atoms with van der Waals surface area (Å²) in [5.41, 5.74) is -0.528. The van der Waals surface area contributed by atoms with Crippen LogP contribution < -0.4 is 0 Å². The van der Waals surface area contributed by atoms with Gasteiger partial charge in [0.1, 0.15) is 11.4 Å². The summed E-state index contributed by atoms with van der Waals surface area (Å²) in [6, 6.07) is 9.93. The van der Waals surface area contributed by atoms with Gasteiger partial charge in [0.15, 0.2) is 0 Å². The third kappa shape index (κ3) is 4.59. The minimum atomic E-state index is -4.42. The first-order chi connectivity index (χ1) is 14.2. The summed E-state index contributed by atoms with van der Waals surface area (Å²) in [4.78, 5) is 14.3. The standard InChI is InChI=1S/C22H23F4NO3/c1-15(16-3-5-18(6-4-16)22(24,25)26)27-13-12-21(11-2-14-28,30-20(27)29)17-7-9-19(23)10-8-17/h3-10,15,28H,2,11-14H2,1H3/t15-,21?/m0/s1. The van der Waals surface area contributed by atoms with E-state index in [0.29, 0.717) is 36.9 Å². The second-order valence-corrected chi connectivity index (χ2v) is 7.44. The van der Waals surface area contributed by atoms with Crippen LogP contribution in [0.3, 0.4) is 0 Å². The maximum absolute atomic E-state index is 13.3. The quantitative estimate of drug-likeness (QED) is 0.629. The van der Waals surface area contributed by atoms with Gasteiger partial charge in [-0.2, -0.15) is 13.2 Å². The molecule has 30 heavy (non-hydrogen) atoms. The molecule has 0 radical (unpaired) electrons. The van der Waals surface area contributed by atoms with Crippen molar-refractivity contribution < 1.29 is 32.2 Å². The van der Waals surface area contributed by atoms with Crippen LogP contribution in [0.2, 0.25) is 0 Å². The minimum Gasteiger partial charge on any atom is -0.438 e. The molecule has 2 aromatic rings. The van der Waals surface area contributed by atoms with Crippen LogP contribution in [-0.4, -0.2) is 29.3 Å². The van der Waals surface area contributed by atoms with Crippen LogP contribution in [0.4, 0.5) is 22.4 Å². The van der Waals surface area contributed by atoms with Gasteiger partial charge in [-0.15, -0.1) is 0 Å². The number of alkyl halides is 3. The molecule has 0 aromatic heterocycles. The van der Waals surface area contributed by atoms with E-state index in [2.05, 4.69) is 0 Å². The Morgan fingerprint density at radius 3 is 2.30 bits per heavy atom. The monoisotopic (exact) mass is 425 g/mol. The molecule has 8 heteroatoms. The smallest absolute Gasteiger partial charge is 0.416 e. The highest BCUT2D eigenvalue weighted by molar-refractivity contribution is 5.70. The predicted octanol–water partition coefficient (Wildman–Crippen LogP) is 5.42. The number of benzene rings is 2. The first-order valence-corrected chi connectivity index (χ1v) is 9.70. The molecule has 4 nitrogen and oxygen atoms in total. The molecule has 2 atom stereocenters. The molecule has 0 saturated carbocycles. The largest absolute Gasteiger partial charge is 0.438 e. The normalized spacial score (nSPS) is 20.7. The Hall–Kier alpha value is -2.61. The molecule has 1 unspecified atom stereocenters. The lowest BCUT2D eigenvalue weighted by molar-refractivity contribution is -0.137. The van der Waals surface area contributed by atoms with Crippen LogP contribution in [0.1, 0.15) is 48.9 Å². The summed E-state index contributed by atoms with van der Waals surface area (Å²) < 4.78 is 57.5. The van der Waals surface area contributed by atoms with Crippen molar-refractivity contribution in [2.75, 3.05) is 13.2 Å². The second kappa shape index (κ2) is 8.63. The van der Waals surface area contributed by atoms with Crippen LogP contribution in [0.15, 0.2) is 48.5 Å². The topological polar surface area (TPSA) is 49.8 Å². The van der Waals surface area contributed by atoms with E-state index < -0.39 is 35.3 Å². The predicted molar refractivity (Wildman–Crippen MR) is 102 cm³/mol. The van der Waals surface area contributed by atoms with Gasteiger partial charge >= 0.3 is 12.3 Å². The highest BCUT2D eigenvalue weighted by atomic mass is 19.4. The van der Waals surface area contributed by atoms with Gasteiger partial charge in [-0.05, 0) is 55.2 Å². The van der Waals surface area contributed by atoms with E-state index in [1.54, 1.807) is 19.1 Å². The van der Waals surface area contributed by atoms with Crippen molar-refractivity contribution in [2.45, 2.75) is 44.0 Å². The van der Waals surface area contributed by atoms with E-state index in [9.17, 15) is 27.5 Å². The Morgan fingerprint density at radius 2 is 1.77 bits per heavy atom. The number of cyclic esters (lactones) is 1. The minimum absolute atomic E-state index is 0.0772. The number of aliphatic hydroxyl groups is 1. The molecule has 1 saturated heterocycles. The molecule has 1 fully saturated rings. The van der Waals surface area contributed by atoms with Crippen molar-refractivity contribution in [3.8, 4) is 0 Å². The average Bonchev–Trinajstić information content (AvgIpc) is 2.72. The van der Waals surface area contributed by atoms with Gasteiger partial charge in [-0.3, -0.25) is 0 Å². The number of hydrogen-bond donors (Lipinski definition) is 1. The van der Waals surface area contributed by atoms with E-state index in [-0.39, 0.29) is 6.61 Å². The van der Waals surface area contributed by atoms with Crippen molar-refractivity contribution >= 4 is 6.09 Å². The van der Waals surface area contributed by atoms with Gasteiger partial charge in [0.2, 0.25) is 0 Å². The molecular weight excluding hydrogens is 402 g/mol. The Labute approximate surface area is 172 Å². The molecule has 1 amide bonds. The maximum Gasteiger partial charge on any atom is 0.416 e. The molecule has 1 heterocycles. The van der Waals surface area contributed by atoms with E-state index in [1.165, 1.54) is 29.2 Å². The molecular formula is C22H23F4NO3. The number of amides is 1. The Kier molecular flexibility index (Phi) is 6.36. The van der Waals surface area contributed by atoms with Crippen molar-refractivity contribution in [1.29, 1.82) is 0 Å². The first kappa shape index (κ1) is 22.1. The van der Waals surface area contributed by atoms with Crippen LogP contribution in [0, 0.1) is 5.82 Å². The van der Waals surface area contributed by atoms with Gasteiger partial charge < -0.3 is 14.7 Å². The van der Waals surface area contributed by atoms with Gasteiger partial charge in [0, 0.05) is 19.6 Å². The van der Waals surface area contributed by atoms with Crippen molar-refractivity contribution in [3.05, 3.63) is 71.0 Å². The molecule has 1 N–H and O–H groups in total. The summed E-state index contributed by atoms with van der Waals surface area (Å²) in [5.74, 6) is -0.407. The van der Waals surface area contributed by atoms with Crippen LogP contribution in [0.25, 0.3) is 0 Å². The number of aliphatic hydroxyl groups excluding tert-OH is 1. The molecule has 162 valence electrons. The number of nitrogens with zero attached hydrogens (tertiary/aromatic N) is 1. The van der Waals surface area contributed by atoms with Crippen LogP contribution in [-0.2, 0) is 16.5 Å². The molecule has 0 spiro atoms. The number of carbonyl (C=O) groups excluding carboxylic acids is 1. The van der Waals surface area contributed by atoms with E-state index in [0.717, 1.165) is 12.1 Å². The third-order valence-electron chi connectivity index (χ3n) is 5.57. The van der Waals surface area contributed by atoms with Gasteiger partial charge in [0.25, 0.3) is 0 Å². The summed E-state index contributed by atoms with van der Waals surface area (Å²) in [6.45, 7) is 1.96. The van der Waals surface area contributed by atoms with Gasteiger partial charge in [-0.1, -0.05) is 24.3 Å². The third-order valence-corrected chi connectivity index (χ3v) is 5.57. The van der Waals surface area contributed by atoms with Crippen molar-refractivity contribution in [1.82, 2.24) is 4.90 Å². The number of halogens is 4. The summed E-state index contributed by atoms with van der Waals surface area (Å²) in [5, 5.41) is 9.25.